The summed E-state index contributed by atoms with van der Waals surface area (Å²) in [5, 5.41) is 8.90. The first-order valence-corrected chi connectivity index (χ1v) is 12.4. The molecule has 6 heteroatoms. The number of rotatable bonds is 4. The van der Waals surface area contributed by atoms with Gasteiger partial charge >= 0.3 is 0 Å². The van der Waals surface area contributed by atoms with Crippen LogP contribution in [-0.2, 0) is 6.42 Å². The van der Waals surface area contributed by atoms with Crippen LogP contribution < -0.4 is 0 Å². The Morgan fingerprint density at radius 1 is 1.00 bits per heavy atom. The van der Waals surface area contributed by atoms with E-state index in [1.807, 2.05) is 6.07 Å². The molecule has 3 aliphatic rings. The second-order valence-electron chi connectivity index (χ2n) is 9.96. The summed E-state index contributed by atoms with van der Waals surface area (Å²) in [5.74, 6) is 3.81. The van der Waals surface area contributed by atoms with E-state index in [-0.39, 0.29) is 0 Å². The van der Waals surface area contributed by atoms with Crippen molar-refractivity contribution in [2.45, 2.75) is 46.0 Å². The Balaban J connectivity index is 1.45. The van der Waals surface area contributed by atoms with Crippen molar-refractivity contribution in [3.8, 4) is 22.8 Å². The molecule has 2 bridgehead atoms. The molecule has 3 aliphatic carbocycles. The van der Waals surface area contributed by atoms with E-state index in [0.717, 1.165) is 52.2 Å². The lowest BCUT2D eigenvalue weighted by atomic mass is 9.58. The fraction of sp³-hybridized carbons (Fsp3) is 0.407. The highest BCUT2D eigenvalue weighted by atomic mass is 35.5. The van der Waals surface area contributed by atoms with Gasteiger partial charge in [-0.05, 0) is 74.8 Å². The van der Waals surface area contributed by atoms with Crippen molar-refractivity contribution < 1.29 is 0 Å². The third kappa shape index (κ3) is 3.82. The van der Waals surface area contributed by atoms with Crippen molar-refractivity contribution in [2.24, 2.45) is 23.7 Å². The van der Waals surface area contributed by atoms with Crippen molar-refractivity contribution in [1.82, 2.24) is 25.1 Å². The first-order chi connectivity index (χ1) is 16.0. The molecule has 168 valence electrons. The van der Waals surface area contributed by atoms with Crippen LogP contribution in [-0.4, -0.2) is 25.1 Å². The number of halogens is 1. The zero-order valence-electron chi connectivity index (χ0n) is 19.1. The maximum absolute atomic E-state index is 6.24. The van der Waals surface area contributed by atoms with Crippen molar-refractivity contribution in [3.63, 3.8) is 0 Å². The van der Waals surface area contributed by atoms with Crippen LogP contribution in [0.4, 0.5) is 0 Å². The molecule has 0 saturated heterocycles. The molecule has 1 N–H and O–H groups in total. The van der Waals surface area contributed by atoms with Crippen molar-refractivity contribution in [2.75, 3.05) is 0 Å². The van der Waals surface area contributed by atoms with Gasteiger partial charge in [0.25, 0.3) is 0 Å². The summed E-state index contributed by atoms with van der Waals surface area (Å²) in [7, 11) is 0. The lowest BCUT2D eigenvalue weighted by Crippen LogP contribution is -2.39. The molecule has 5 nitrogen and oxygen atoms in total. The summed E-state index contributed by atoms with van der Waals surface area (Å²) in [6, 6.07) is 12.6. The van der Waals surface area contributed by atoms with Crippen molar-refractivity contribution in [3.05, 3.63) is 58.9 Å². The highest BCUT2D eigenvalue weighted by molar-refractivity contribution is 6.31. The molecule has 7 rings (SSSR count). The molecule has 4 aromatic rings. The van der Waals surface area contributed by atoms with E-state index in [9.17, 15) is 0 Å². The minimum Gasteiger partial charge on any atom is -0.272 e. The third-order valence-electron chi connectivity index (χ3n) is 8.01. The summed E-state index contributed by atoms with van der Waals surface area (Å²) in [6.07, 6.45) is 8.17. The highest BCUT2D eigenvalue weighted by Gasteiger charge is 2.41. The van der Waals surface area contributed by atoms with Crippen LogP contribution >= 0.6 is 11.6 Å². The molecule has 0 aliphatic heterocycles. The van der Waals surface area contributed by atoms with E-state index < -0.39 is 0 Å². The number of hydrogen-bond donors (Lipinski definition) is 1. The minimum absolute atomic E-state index is 0.576. The summed E-state index contributed by atoms with van der Waals surface area (Å²) >= 11 is 6.24. The Morgan fingerprint density at radius 3 is 2.52 bits per heavy atom. The van der Waals surface area contributed by atoms with Gasteiger partial charge in [-0.25, -0.2) is 15.0 Å². The molecule has 0 radical (unpaired) electrons. The third-order valence-corrected chi connectivity index (χ3v) is 8.22. The van der Waals surface area contributed by atoms with Gasteiger partial charge in [0.05, 0.1) is 16.1 Å². The standard InChI is InChI=1S/C27H28ClN5/c1-15-3-5-19(6-4-15)24-13-21(12-22-16(2)17-7-9-18(22)10-8-17)30-27(31-24)25-23-11-20(28)14-29-26(23)33-32-25/h3-6,11,13-14,16-18,22H,7-10,12H2,1-2H3,(H,29,32,33). The van der Waals surface area contributed by atoms with Crippen LogP contribution in [0, 0.1) is 30.6 Å². The molecule has 3 saturated carbocycles. The normalized spacial score (nSPS) is 24.5. The van der Waals surface area contributed by atoms with E-state index in [0.29, 0.717) is 22.4 Å². The average molecular weight is 458 g/mol. The topological polar surface area (TPSA) is 67.3 Å². The van der Waals surface area contributed by atoms with Gasteiger partial charge in [-0.15, -0.1) is 0 Å². The molecular weight excluding hydrogens is 430 g/mol. The van der Waals surface area contributed by atoms with E-state index in [1.165, 1.54) is 31.2 Å². The molecule has 0 spiro atoms. The molecule has 2 atom stereocenters. The number of fused-ring (bicyclic) bond motifs is 4. The van der Waals surface area contributed by atoms with Gasteiger partial charge in [0.2, 0.25) is 0 Å². The van der Waals surface area contributed by atoms with Gasteiger partial charge in [-0.2, -0.15) is 5.10 Å². The first kappa shape index (κ1) is 20.8. The van der Waals surface area contributed by atoms with E-state index in [1.54, 1.807) is 6.20 Å². The second kappa shape index (κ2) is 8.21. The fourth-order valence-corrected chi connectivity index (χ4v) is 6.26. The monoisotopic (exact) mass is 457 g/mol. The number of aryl methyl sites for hydroxylation is 1. The molecule has 0 amide bonds. The Hall–Kier alpha value is -2.79. The van der Waals surface area contributed by atoms with Crippen LogP contribution in [0.25, 0.3) is 33.8 Å². The first-order valence-electron chi connectivity index (χ1n) is 12.0. The van der Waals surface area contributed by atoms with Gasteiger partial charge in [0.15, 0.2) is 11.5 Å². The molecule has 3 fully saturated rings. The lowest BCUT2D eigenvalue weighted by Gasteiger charge is -2.47. The molecule has 3 aromatic heterocycles. The second-order valence-corrected chi connectivity index (χ2v) is 10.4. The Morgan fingerprint density at radius 2 is 1.76 bits per heavy atom. The zero-order valence-corrected chi connectivity index (χ0v) is 19.8. The smallest absolute Gasteiger partial charge is 0.181 e. The van der Waals surface area contributed by atoms with E-state index >= 15 is 0 Å². The van der Waals surface area contributed by atoms with Crippen molar-refractivity contribution in [1.29, 1.82) is 0 Å². The Kier molecular flexibility index (Phi) is 5.17. The average Bonchev–Trinajstić information content (AvgIpc) is 3.25. The van der Waals surface area contributed by atoms with Gasteiger partial charge < -0.3 is 0 Å². The number of pyridine rings is 1. The molecule has 33 heavy (non-hydrogen) atoms. The molecule has 2 unspecified atom stereocenters. The summed E-state index contributed by atoms with van der Waals surface area (Å²) in [6.45, 7) is 4.56. The van der Waals surface area contributed by atoms with Gasteiger partial charge in [0.1, 0.15) is 5.69 Å². The Bertz CT molecular complexity index is 1300. The summed E-state index contributed by atoms with van der Waals surface area (Å²) in [5.41, 5.74) is 5.79. The predicted molar refractivity (Wildman–Crippen MR) is 132 cm³/mol. The number of nitrogens with zero attached hydrogens (tertiary/aromatic N) is 4. The van der Waals surface area contributed by atoms with Crippen molar-refractivity contribution >= 4 is 22.6 Å². The number of H-pyrrole nitrogens is 1. The summed E-state index contributed by atoms with van der Waals surface area (Å²) < 4.78 is 0. The lowest BCUT2D eigenvalue weighted by molar-refractivity contribution is 0.0339. The van der Waals surface area contributed by atoms with Gasteiger partial charge in [-0.1, -0.05) is 48.4 Å². The molecule has 3 heterocycles. The number of benzene rings is 1. The van der Waals surface area contributed by atoms with E-state index in [2.05, 4.69) is 59.4 Å². The van der Waals surface area contributed by atoms with Crippen LogP contribution in [0.2, 0.25) is 5.02 Å². The number of aromatic amines is 1. The molecule has 1 aromatic carbocycles. The molecular formula is C27H28ClN5. The minimum atomic E-state index is 0.576. The highest BCUT2D eigenvalue weighted by Crippen LogP contribution is 2.49. The maximum atomic E-state index is 6.24. The van der Waals surface area contributed by atoms with Crippen LogP contribution in [0.15, 0.2) is 42.6 Å². The largest absolute Gasteiger partial charge is 0.272 e. The van der Waals surface area contributed by atoms with E-state index in [4.69, 9.17) is 21.6 Å². The number of hydrogen-bond acceptors (Lipinski definition) is 4. The Labute approximate surface area is 199 Å². The maximum Gasteiger partial charge on any atom is 0.181 e. The van der Waals surface area contributed by atoms with Gasteiger partial charge in [-0.3, -0.25) is 5.10 Å². The fourth-order valence-electron chi connectivity index (χ4n) is 6.10. The summed E-state index contributed by atoms with van der Waals surface area (Å²) in [4.78, 5) is 14.4. The number of nitrogens with one attached hydrogen (secondary N) is 1. The van der Waals surface area contributed by atoms with Crippen LogP contribution in [0.3, 0.4) is 0 Å². The van der Waals surface area contributed by atoms with Crippen LogP contribution in [0.1, 0.15) is 43.9 Å². The quantitative estimate of drug-likeness (QED) is 0.372. The van der Waals surface area contributed by atoms with Crippen LogP contribution in [0.5, 0.6) is 0 Å². The SMILES string of the molecule is Cc1ccc(-c2cc(CC3C4CCC(CC4)C3C)nc(-c3[nH]nc4ncc(Cl)cc34)n2)cc1. The number of aromatic nitrogens is 5. The predicted octanol–water partition coefficient (Wildman–Crippen LogP) is 6.66. The van der Waals surface area contributed by atoms with Gasteiger partial charge in [0, 0.05) is 17.5 Å². The zero-order chi connectivity index (χ0) is 22.5.